The summed E-state index contributed by atoms with van der Waals surface area (Å²) < 4.78 is 9.23. The third-order valence-electron chi connectivity index (χ3n) is 9.05. The van der Waals surface area contributed by atoms with Crippen LogP contribution in [0.2, 0.25) is 0 Å². The minimum absolute atomic E-state index is 0.154. The molecule has 2 N–H and O–H groups in total. The molecule has 9 nitrogen and oxygen atoms in total. The number of hydrogen-bond acceptors (Lipinski definition) is 7. The first-order valence-electron chi connectivity index (χ1n) is 14.8. The van der Waals surface area contributed by atoms with Crippen LogP contribution in [0.5, 0.6) is 17.2 Å². The monoisotopic (exact) mass is 582 g/mol. The second-order valence-corrected chi connectivity index (χ2v) is 11.6. The summed E-state index contributed by atoms with van der Waals surface area (Å²) in [6.07, 6.45) is 5.39. The molecule has 4 heterocycles. The van der Waals surface area contributed by atoms with Crippen LogP contribution in [-0.4, -0.2) is 49.3 Å². The maximum Gasteiger partial charge on any atom is 0.223 e. The average Bonchev–Trinajstić information content (AvgIpc) is 3.46. The highest BCUT2D eigenvalue weighted by atomic mass is 16.5. The molecule has 0 amide bonds. The van der Waals surface area contributed by atoms with Crippen molar-refractivity contribution < 1.29 is 14.9 Å². The van der Waals surface area contributed by atoms with E-state index in [1.54, 1.807) is 19.4 Å². The lowest BCUT2D eigenvalue weighted by atomic mass is 10.1. The standard InChI is InChI=1S/C17H20N2O3.C17H18N2O2/c1-12(13-4-3-5-15(8-13)22-2)18-6-7-19-11-17(21)16(20)9-14(19)10-18;20-16-9-13-10-19(8-7-18(13)11-17(16)21)15-6-5-12-3-1-2-4-14(12)15/h3-5,8-9,11-12,21H,6-7,10H2,1-2H3;1-4,9,11,15,21H,5-8,10H2. The highest BCUT2D eigenvalue weighted by molar-refractivity contribution is 5.35. The molecule has 2 atom stereocenters. The predicted molar refractivity (Wildman–Crippen MR) is 164 cm³/mol. The number of nitrogens with zero attached hydrogens (tertiary/aromatic N) is 4. The van der Waals surface area contributed by atoms with Gasteiger partial charge in [-0.15, -0.1) is 0 Å². The van der Waals surface area contributed by atoms with Gasteiger partial charge in [-0.05, 0) is 48.6 Å². The van der Waals surface area contributed by atoms with E-state index in [9.17, 15) is 19.8 Å². The summed E-state index contributed by atoms with van der Waals surface area (Å²) in [5.41, 5.74) is 5.41. The van der Waals surface area contributed by atoms with Crippen molar-refractivity contribution >= 4 is 0 Å². The average molecular weight is 583 g/mol. The molecule has 2 aliphatic heterocycles. The van der Waals surface area contributed by atoms with Gasteiger partial charge in [0.05, 0.1) is 19.5 Å². The van der Waals surface area contributed by atoms with Crippen LogP contribution in [0.1, 0.15) is 53.5 Å². The van der Waals surface area contributed by atoms with Crippen molar-refractivity contribution in [3.05, 3.63) is 122 Å². The number of hydrogen-bond donors (Lipinski definition) is 2. The quantitative estimate of drug-likeness (QED) is 0.372. The molecule has 0 radical (unpaired) electrons. The van der Waals surface area contributed by atoms with Gasteiger partial charge in [-0.1, -0.05) is 36.4 Å². The molecule has 2 aromatic carbocycles. The summed E-state index contributed by atoms with van der Waals surface area (Å²) in [4.78, 5) is 28.0. The van der Waals surface area contributed by atoms with Gasteiger partial charge in [-0.25, -0.2) is 0 Å². The van der Waals surface area contributed by atoms with Gasteiger partial charge < -0.3 is 24.1 Å². The first-order chi connectivity index (χ1) is 20.8. The normalized spacial score (nSPS) is 18.5. The number of fused-ring (bicyclic) bond motifs is 3. The molecule has 2 unspecified atom stereocenters. The van der Waals surface area contributed by atoms with Gasteiger partial charge in [0.25, 0.3) is 0 Å². The number of ether oxygens (including phenoxy) is 1. The summed E-state index contributed by atoms with van der Waals surface area (Å²) in [6.45, 7) is 7.02. The van der Waals surface area contributed by atoms with Gasteiger partial charge in [0.1, 0.15) is 5.75 Å². The molecule has 224 valence electrons. The second-order valence-electron chi connectivity index (χ2n) is 11.6. The number of aromatic nitrogens is 2. The molecule has 0 saturated heterocycles. The van der Waals surface area contributed by atoms with Crippen LogP contribution in [-0.2, 0) is 32.6 Å². The van der Waals surface area contributed by atoms with Crippen molar-refractivity contribution in [3.63, 3.8) is 0 Å². The Bertz CT molecular complexity index is 1750. The van der Waals surface area contributed by atoms with Gasteiger partial charge in [-0.2, -0.15) is 0 Å². The van der Waals surface area contributed by atoms with Gasteiger partial charge in [0, 0.05) is 74.9 Å². The maximum atomic E-state index is 11.6. The number of benzene rings is 2. The van der Waals surface area contributed by atoms with E-state index in [0.717, 1.165) is 62.7 Å². The van der Waals surface area contributed by atoms with E-state index in [1.165, 1.54) is 29.0 Å². The van der Waals surface area contributed by atoms with Crippen molar-refractivity contribution in [1.29, 1.82) is 0 Å². The Morgan fingerprint density at radius 2 is 1.49 bits per heavy atom. The summed E-state index contributed by atoms with van der Waals surface area (Å²) >= 11 is 0. The van der Waals surface area contributed by atoms with E-state index in [1.807, 2.05) is 27.3 Å². The number of rotatable bonds is 4. The fraction of sp³-hybridized carbons (Fsp3) is 0.353. The van der Waals surface area contributed by atoms with E-state index >= 15 is 0 Å². The molecular weight excluding hydrogens is 544 g/mol. The lowest BCUT2D eigenvalue weighted by molar-refractivity contribution is 0.153. The fourth-order valence-electron chi connectivity index (χ4n) is 6.56. The first kappa shape index (κ1) is 28.8. The molecule has 2 aromatic heterocycles. The Morgan fingerprint density at radius 1 is 0.814 bits per heavy atom. The molecule has 0 fully saturated rings. The third-order valence-corrected chi connectivity index (χ3v) is 9.05. The molecule has 0 saturated carbocycles. The third kappa shape index (κ3) is 5.96. The lowest BCUT2D eigenvalue weighted by Crippen LogP contribution is -2.37. The Hall–Kier alpha value is -4.34. The molecule has 1 aliphatic carbocycles. The molecule has 3 aliphatic rings. The Labute approximate surface area is 250 Å². The van der Waals surface area contributed by atoms with Crippen molar-refractivity contribution in [3.8, 4) is 17.2 Å². The molecule has 7 rings (SSSR count). The Balaban J connectivity index is 0.000000153. The summed E-state index contributed by atoms with van der Waals surface area (Å²) in [5.74, 6) is 0.513. The van der Waals surface area contributed by atoms with Crippen molar-refractivity contribution in [1.82, 2.24) is 18.9 Å². The fourth-order valence-corrected chi connectivity index (χ4v) is 6.56. The zero-order chi connectivity index (χ0) is 30.1. The van der Waals surface area contributed by atoms with E-state index in [0.29, 0.717) is 12.6 Å². The van der Waals surface area contributed by atoms with Crippen molar-refractivity contribution in [2.45, 2.75) is 58.0 Å². The zero-order valence-corrected chi connectivity index (χ0v) is 24.6. The SMILES string of the molecule is COc1cccc(C(C)N2CCn3cc(O)c(=O)cc3C2)c1.O=c1cc2n(cc1O)CCN(C1CCc3ccccc31)C2. The molecule has 4 aromatic rings. The van der Waals surface area contributed by atoms with Crippen molar-refractivity contribution in [2.24, 2.45) is 0 Å². The summed E-state index contributed by atoms with van der Waals surface area (Å²) in [6, 6.07) is 20.5. The van der Waals surface area contributed by atoms with Gasteiger partial charge in [0.2, 0.25) is 10.9 Å². The van der Waals surface area contributed by atoms with Crippen LogP contribution < -0.4 is 15.6 Å². The number of aromatic hydroxyl groups is 2. The summed E-state index contributed by atoms with van der Waals surface area (Å²) in [7, 11) is 1.67. The van der Waals surface area contributed by atoms with Crippen LogP contribution in [0.4, 0.5) is 0 Å². The predicted octanol–water partition coefficient (Wildman–Crippen LogP) is 4.20. The molecule has 0 bridgehead atoms. The minimum Gasteiger partial charge on any atom is -0.503 e. The van der Waals surface area contributed by atoms with Gasteiger partial charge in [0.15, 0.2) is 11.5 Å². The molecule has 0 spiro atoms. The first-order valence-corrected chi connectivity index (χ1v) is 14.8. The van der Waals surface area contributed by atoms with E-state index in [4.69, 9.17) is 4.74 Å². The zero-order valence-electron chi connectivity index (χ0n) is 24.6. The van der Waals surface area contributed by atoms with Gasteiger partial charge >= 0.3 is 0 Å². The van der Waals surface area contributed by atoms with E-state index < -0.39 is 0 Å². The summed E-state index contributed by atoms with van der Waals surface area (Å²) in [5, 5.41) is 19.1. The van der Waals surface area contributed by atoms with Gasteiger partial charge in [-0.3, -0.25) is 19.4 Å². The molecule has 43 heavy (non-hydrogen) atoms. The maximum absolute atomic E-state index is 11.6. The topological polar surface area (TPSA) is 100 Å². The van der Waals surface area contributed by atoms with Crippen LogP contribution in [0.15, 0.2) is 82.6 Å². The Morgan fingerprint density at radius 3 is 2.21 bits per heavy atom. The van der Waals surface area contributed by atoms with Crippen LogP contribution in [0, 0.1) is 0 Å². The van der Waals surface area contributed by atoms with Crippen LogP contribution in [0.25, 0.3) is 0 Å². The highest BCUT2D eigenvalue weighted by Crippen LogP contribution is 2.37. The molecular formula is C34H38N4O5. The Kier molecular flexibility index (Phi) is 8.10. The largest absolute Gasteiger partial charge is 0.503 e. The second kappa shape index (κ2) is 12.1. The van der Waals surface area contributed by atoms with Crippen LogP contribution >= 0.6 is 0 Å². The lowest BCUT2D eigenvalue weighted by Gasteiger charge is -2.35. The number of methoxy groups -OCH3 is 1. The van der Waals surface area contributed by atoms with Crippen molar-refractivity contribution in [2.75, 3.05) is 20.2 Å². The highest BCUT2D eigenvalue weighted by Gasteiger charge is 2.30. The van der Waals surface area contributed by atoms with Crippen LogP contribution in [0.3, 0.4) is 0 Å². The number of aryl methyl sites for hydroxylation is 1. The smallest absolute Gasteiger partial charge is 0.223 e. The van der Waals surface area contributed by atoms with E-state index in [2.05, 4.69) is 47.1 Å². The van der Waals surface area contributed by atoms with E-state index in [-0.39, 0.29) is 28.4 Å². The number of pyridine rings is 2. The molecule has 9 heteroatoms. The minimum atomic E-state index is -0.317.